The van der Waals surface area contributed by atoms with Gasteiger partial charge in [-0.1, -0.05) is 52.3 Å². The van der Waals surface area contributed by atoms with Gasteiger partial charge in [0.25, 0.3) is 5.56 Å². The van der Waals surface area contributed by atoms with Crippen LogP contribution in [0.15, 0.2) is 29.1 Å². The molecule has 0 bridgehead atoms. The first kappa shape index (κ1) is 17.5. The molecule has 1 N–H and O–H groups in total. The highest BCUT2D eigenvalue weighted by molar-refractivity contribution is 5.88. The van der Waals surface area contributed by atoms with Crippen molar-refractivity contribution in [3.63, 3.8) is 0 Å². The molecule has 1 aromatic carbocycles. The molecule has 0 saturated heterocycles. The second-order valence-electron chi connectivity index (χ2n) is 7.13. The predicted octanol–water partition coefficient (Wildman–Crippen LogP) is 3.72. The summed E-state index contributed by atoms with van der Waals surface area (Å²) in [6.45, 7) is 9.25. The van der Waals surface area contributed by atoms with Crippen LogP contribution in [0.1, 0.15) is 46.2 Å². The molecule has 0 fully saturated rings. The Morgan fingerprint density at radius 3 is 2.39 bits per heavy atom. The third-order valence-corrected chi connectivity index (χ3v) is 3.76. The molecule has 1 aromatic heterocycles. The first-order valence-corrected chi connectivity index (χ1v) is 8.27. The molecule has 1 heterocycles. The molecular formula is C19H27NO3. The molecule has 0 aliphatic carbocycles. The van der Waals surface area contributed by atoms with E-state index in [2.05, 4.69) is 27.7 Å². The van der Waals surface area contributed by atoms with Crippen molar-refractivity contribution in [1.82, 2.24) is 4.57 Å². The molecule has 0 radical (unpaired) electrons. The van der Waals surface area contributed by atoms with Crippen LogP contribution in [0, 0.1) is 5.41 Å². The fourth-order valence-corrected chi connectivity index (χ4v) is 2.69. The van der Waals surface area contributed by atoms with Crippen molar-refractivity contribution in [3.8, 4) is 5.75 Å². The minimum atomic E-state index is -0.211. The van der Waals surface area contributed by atoms with Crippen LogP contribution in [0.5, 0.6) is 5.75 Å². The molecule has 126 valence electrons. The van der Waals surface area contributed by atoms with Gasteiger partial charge in [0.15, 0.2) is 0 Å². The molecule has 23 heavy (non-hydrogen) atoms. The number of nitrogens with zero attached hydrogens (tertiary/aromatic N) is 1. The Labute approximate surface area is 137 Å². The quantitative estimate of drug-likeness (QED) is 0.826. The Hall–Kier alpha value is -1.81. The van der Waals surface area contributed by atoms with E-state index in [1.54, 1.807) is 4.57 Å². The topological polar surface area (TPSA) is 51.5 Å². The van der Waals surface area contributed by atoms with Gasteiger partial charge in [-0.05, 0) is 17.9 Å². The number of aromatic nitrogens is 1. The van der Waals surface area contributed by atoms with Crippen LogP contribution in [0.3, 0.4) is 0 Å². The van der Waals surface area contributed by atoms with Gasteiger partial charge in [-0.3, -0.25) is 4.79 Å². The molecule has 4 nitrogen and oxygen atoms in total. The molecule has 0 aliphatic heterocycles. The summed E-state index contributed by atoms with van der Waals surface area (Å²) < 4.78 is 7.64. The van der Waals surface area contributed by atoms with Gasteiger partial charge in [-0.25, -0.2) is 0 Å². The molecule has 0 spiro atoms. The van der Waals surface area contributed by atoms with Crippen molar-refractivity contribution in [2.75, 3.05) is 6.61 Å². The van der Waals surface area contributed by atoms with Crippen LogP contribution in [-0.4, -0.2) is 16.3 Å². The highest BCUT2D eigenvalue weighted by Crippen LogP contribution is 2.29. The number of hydrogen-bond donors (Lipinski definition) is 1. The van der Waals surface area contributed by atoms with Gasteiger partial charge in [0, 0.05) is 11.9 Å². The zero-order valence-electron chi connectivity index (χ0n) is 14.6. The van der Waals surface area contributed by atoms with E-state index in [1.165, 1.54) is 0 Å². The monoisotopic (exact) mass is 317 g/mol. The van der Waals surface area contributed by atoms with Crippen LogP contribution in [-0.2, 0) is 13.2 Å². The van der Waals surface area contributed by atoms with Crippen LogP contribution in [0.2, 0.25) is 0 Å². The number of pyridine rings is 1. The first-order valence-electron chi connectivity index (χ1n) is 8.27. The highest BCUT2D eigenvalue weighted by atomic mass is 16.5. The SMILES string of the molecule is CCCCOc1c(CO)n(CC(C)(C)C)c(=O)c2ccccc12. The van der Waals surface area contributed by atoms with E-state index in [-0.39, 0.29) is 17.6 Å². The Morgan fingerprint density at radius 2 is 1.83 bits per heavy atom. The lowest BCUT2D eigenvalue weighted by Gasteiger charge is -2.24. The second-order valence-corrected chi connectivity index (χ2v) is 7.13. The lowest BCUT2D eigenvalue weighted by Crippen LogP contribution is -2.30. The third-order valence-electron chi connectivity index (χ3n) is 3.76. The average molecular weight is 317 g/mol. The van der Waals surface area contributed by atoms with Gasteiger partial charge in [0.05, 0.1) is 24.3 Å². The Kier molecular flexibility index (Phi) is 5.47. The second kappa shape index (κ2) is 7.18. The fourth-order valence-electron chi connectivity index (χ4n) is 2.69. The summed E-state index contributed by atoms with van der Waals surface area (Å²) in [5.41, 5.74) is 0.429. The smallest absolute Gasteiger partial charge is 0.258 e. The van der Waals surface area contributed by atoms with Crippen LogP contribution in [0.25, 0.3) is 10.8 Å². The van der Waals surface area contributed by atoms with Gasteiger partial charge in [-0.15, -0.1) is 0 Å². The van der Waals surface area contributed by atoms with Crippen molar-refractivity contribution in [1.29, 1.82) is 0 Å². The van der Waals surface area contributed by atoms with Gasteiger partial charge >= 0.3 is 0 Å². The van der Waals surface area contributed by atoms with Crippen LogP contribution < -0.4 is 10.3 Å². The summed E-state index contributed by atoms with van der Waals surface area (Å²) in [4.78, 5) is 12.9. The van der Waals surface area contributed by atoms with Gasteiger partial charge in [-0.2, -0.15) is 0 Å². The molecular weight excluding hydrogens is 290 g/mol. The van der Waals surface area contributed by atoms with Gasteiger partial charge in [0.1, 0.15) is 5.75 Å². The molecule has 0 aliphatic rings. The van der Waals surface area contributed by atoms with Crippen molar-refractivity contribution >= 4 is 10.8 Å². The number of hydrogen-bond acceptors (Lipinski definition) is 3. The van der Waals surface area contributed by atoms with Crippen LogP contribution >= 0.6 is 0 Å². The maximum atomic E-state index is 12.9. The van der Waals surface area contributed by atoms with Crippen molar-refractivity contribution < 1.29 is 9.84 Å². The van der Waals surface area contributed by atoms with E-state index in [0.29, 0.717) is 30.0 Å². The van der Waals surface area contributed by atoms with Gasteiger partial charge < -0.3 is 14.4 Å². The summed E-state index contributed by atoms with van der Waals surface area (Å²) >= 11 is 0. The third kappa shape index (κ3) is 3.94. The largest absolute Gasteiger partial charge is 0.491 e. The van der Waals surface area contributed by atoms with E-state index >= 15 is 0 Å². The first-order chi connectivity index (χ1) is 10.9. The molecule has 0 atom stereocenters. The van der Waals surface area contributed by atoms with Crippen molar-refractivity contribution in [3.05, 3.63) is 40.3 Å². The number of benzene rings is 1. The predicted molar refractivity (Wildman–Crippen MR) is 94.0 cm³/mol. The molecule has 0 amide bonds. The maximum Gasteiger partial charge on any atom is 0.258 e. The van der Waals surface area contributed by atoms with E-state index in [9.17, 15) is 9.90 Å². The van der Waals surface area contributed by atoms with E-state index in [4.69, 9.17) is 4.74 Å². The number of fused-ring (bicyclic) bond motifs is 1. The van der Waals surface area contributed by atoms with E-state index in [1.807, 2.05) is 24.3 Å². The van der Waals surface area contributed by atoms with E-state index in [0.717, 1.165) is 18.2 Å². The van der Waals surface area contributed by atoms with E-state index < -0.39 is 0 Å². The Bertz CT molecular complexity index is 726. The standard InChI is InChI=1S/C19H27NO3/c1-5-6-11-23-17-14-9-7-8-10-15(14)18(22)20(16(17)12-21)13-19(2,3)4/h7-10,21H,5-6,11-13H2,1-4H3. The van der Waals surface area contributed by atoms with Crippen LogP contribution in [0.4, 0.5) is 0 Å². The molecule has 0 saturated carbocycles. The zero-order valence-corrected chi connectivity index (χ0v) is 14.6. The van der Waals surface area contributed by atoms with Crippen molar-refractivity contribution in [2.24, 2.45) is 5.41 Å². The Balaban J connectivity index is 2.69. The summed E-state index contributed by atoms with van der Waals surface area (Å²) in [5, 5.41) is 11.3. The fraction of sp³-hybridized carbons (Fsp3) is 0.526. The minimum Gasteiger partial charge on any atom is -0.491 e. The maximum absolute atomic E-state index is 12.9. The summed E-state index contributed by atoms with van der Waals surface area (Å²) in [7, 11) is 0. The number of aliphatic hydroxyl groups excluding tert-OH is 1. The normalized spacial score (nSPS) is 11.9. The molecule has 4 heteroatoms. The number of aliphatic hydroxyl groups is 1. The number of unbranched alkanes of at least 4 members (excludes halogenated alkanes) is 1. The van der Waals surface area contributed by atoms with Crippen molar-refractivity contribution in [2.45, 2.75) is 53.7 Å². The number of ether oxygens (including phenoxy) is 1. The lowest BCUT2D eigenvalue weighted by molar-refractivity contribution is 0.237. The van der Waals surface area contributed by atoms with Gasteiger partial charge in [0.2, 0.25) is 0 Å². The minimum absolute atomic E-state index is 0.0672. The summed E-state index contributed by atoms with van der Waals surface area (Å²) in [5.74, 6) is 0.639. The molecule has 2 rings (SSSR count). The molecule has 0 unspecified atom stereocenters. The summed E-state index contributed by atoms with van der Waals surface area (Å²) in [6, 6.07) is 7.46. The lowest BCUT2D eigenvalue weighted by atomic mass is 9.96. The zero-order chi connectivity index (χ0) is 17.0. The summed E-state index contributed by atoms with van der Waals surface area (Å²) in [6.07, 6.45) is 1.98. The highest BCUT2D eigenvalue weighted by Gasteiger charge is 2.21. The average Bonchev–Trinajstić information content (AvgIpc) is 2.50. The Morgan fingerprint density at radius 1 is 1.17 bits per heavy atom. The molecule has 2 aromatic rings. The number of rotatable bonds is 6.